The number of halogens is 1. The molecule has 0 unspecified atom stereocenters. The third kappa shape index (κ3) is 3.48. The van der Waals surface area contributed by atoms with Gasteiger partial charge in [0.15, 0.2) is 0 Å². The average molecular weight is 464 g/mol. The number of rotatable bonds is 3. The Balaban J connectivity index is 0.00000120. The fraction of sp³-hybridized carbons (Fsp3) is 0.0400. The summed E-state index contributed by atoms with van der Waals surface area (Å²) in [4.78, 5) is 0. The summed E-state index contributed by atoms with van der Waals surface area (Å²) >= 11 is 0. The first-order chi connectivity index (χ1) is 13.3. The maximum Gasteiger partial charge on any atom is 2.00 e. The van der Waals surface area contributed by atoms with Crippen LogP contribution in [0.4, 0.5) is 0 Å². The molecule has 4 aromatic carbocycles. The molecule has 5 rings (SSSR count). The zero-order valence-electron chi connectivity index (χ0n) is 16.2. The number of hydrogen-bond acceptors (Lipinski definition) is 1. The standard InChI is InChI=1S/C25H19OSi.ClH.Zn/c1-27(19-11-4-2-5-12-19,20-13-6-3-7-14-20)24-18-10-16-22-21-15-8-9-17-23(21)26-25(22)24;;/h2-16,18H,1H3;1H;/q-1;;+2/p-1. The van der Waals surface area contributed by atoms with Crippen LogP contribution in [0.5, 0.6) is 0 Å². The van der Waals surface area contributed by atoms with Crippen molar-refractivity contribution in [1.82, 2.24) is 0 Å². The molecular weight excluding hydrogens is 445 g/mol. The summed E-state index contributed by atoms with van der Waals surface area (Å²) in [7, 11) is -2.21. The first-order valence-electron chi connectivity index (χ1n) is 9.22. The molecule has 0 aliphatic heterocycles. The Morgan fingerprint density at radius 1 is 0.690 bits per heavy atom. The maximum absolute atomic E-state index is 6.35. The smallest absolute Gasteiger partial charge is 1.00 e. The van der Waals surface area contributed by atoms with E-state index in [-0.39, 0.29) is 31.9 Å². The van der Waals surface area contributed by atoms with E-state index in [4.69, 9.17) is 4.42 Å². The van der Waals surface area contributed by atoms with Crippen LogP contribution in [0.25, 0.3) is 21.9 Å². The summed E-state index contributed by atoms with van der Waals surface area (Å²) in [5, 5.41) is 6.38. The summed E-state index contributed by atoms with van der Waals surface area (Å²) in [6, 6.07) is 37.6. The van der Waals surface area contributed by atoms with E-state index in [9.17, 15) is 0 Å². The second kappa shape index (κ2) is 8.67. The Labute approximate surface area is 190 Å². The van der Waals surface area contributed by atoms with Gasteiger partial charge in [-0.25, -0.2) is 0 Å². The monoisotopic (exact) mass is 462 g/mol. The van der Waals surface area contributed by atoms with Crippen LogP contribution in [0.1, 0.15) is 0 Å². The first-order valence-corrected chi connectivity index (χ1v) is 11.7. The summed E-state index contributed by atoms with van der Waals surface area (Å²) in [6.07, 6.45) is 0. The minimum absolute atomic E-state index is 0. The molecule has 0 atom stereocenters. The van der Waals surface area contributed by atoms with E-state index in [0.717, 1.165) is 16.6 Å². The van der Waals surface area contributed by atoms with Crippen molar-refractivity contribution in [2.24, 2.45) is 0 Å². The molecule has 29 heavy (non-hydrogen) atoms. The van der Waals surface area contributed by atoms with Crippen LogP contribution in [0.3, 0.4) is 0 Å². The number of furan rings is 1. The topological polar surface area (TPSA) is 13.1 Å². The fourth-order valence-electron chi connectivity index (χ4n) is 4.09. The van der Waals surface area contributed by atoms with E-state index in [1.165, 1.54) is 20.9 Å². The van der Waals surface area contributed by atoms with Crippen LogP contribution in [0.2, 0.25) is 6.55 Å². The van der Waals surface area contributed by atoms with Crippen LogP contribution in [-0.2, 0) is 19.5 Å². The second-order valence-electron chi connectivity index (χ2n) is 7.05. The van der Waals surface area contributed by atoms with E-state index in [0.29, 0.717) is 0 Å². The van der Waals surface area contributed by atoms with Gasteiger partial charge in [-0.15, -0.1) is 6.07 Å². The van der Waals surface area contributed by atoms with Crippen molar-refractivity contribution >= 4 is 45.6 Å². The van der Waals surface area contributed by atoms with Crippen molar-refractivity contribution in [2.45, 2.75) is 6.55 Å². The Kier molecular flexibility index (Phi) is 6.43. The molecule has 0 bridgehead atoms. The Morgan fingerprint density at radius 2 is 1.28 bits per heavy atom. The first kappa shape index (κ1) is 21.5. The molecule has 138 valence electrons. The number of benzene rings is 4. The molecule has 1 heterocycles. The van der Waals surface area contributed by atoms with E-state index in [1.807, 2.05) is 12.1 Å². The molecule has 0 saturated carbocycles. The zero-order chi connectivity index (χ0) is 18.3. The predicted molar refractivity (Wildman–Crippen MR) is 116 cm³/mol. The van der Waals surface area contributed by atoms with Crippen LogP contribution in [0.15, 0.2) is 101 Å². The van der Waals surface area contributed by atoms with Crippen molar-refractivity contribution in [1.29, 1.82) is 0 Å². The fourth-order valence-corrected chi connectivity index (χ4v) is 7.84. The number of hydrogen-bond donors (Lipinski definition) is 0. The van der Waals surface area contributed by atoms with Gasteiger partial charge in [-0.3, -0.25) is 0 Å². The maximum atomic E-state index is 6.35. The molecule has 1 nitrogen and oxygen atoms in total. The summed E-state index contributed by atoms with van der Waals surface area (Å²) in [6.45, 7) is 2.42. The molecule has 5 aromatic rings. The molecule has 0 radical (unpaired) electrons. The molecule has 4 heteroatoms. The average Bonchev–Trinajstić information content (AvgIpc) is 3.13. The minimum Gasteiger partial charge on any atom is -1.00 e. The third-order valence-electron chi connectivity index (χ3n) is 5.57. The molecule has 0 fully saturated rings. The molecule has 0 saturated heterocycles. The van der Waals surface area contributed by atoms with Gasteiger partial charge in [0.25, 0.3) is 0 Å². The van der Waals surface area contributed by atoms with Crippen molar-refractivity contribution in [3.05, 3.63) is 103 Å². The van der Waals surface area contributed by atoms with Gasteiger partial charge in [0.05, 0.1) is 0 Å². The number of para-hydroxylation sites is 2. The summed E-state index contributed by atoms with van der Waals surface area (Å²) < 4.78 is 6.35. The number of fused-ring (bicyclic) bond motifs is 3. The van der Waals surface area contributed by atoms with Crippen LogP contribution < -0.4 is 28.0 Å². The van der Waals surface area contributed by atoms with Crippen LogP contribution >= 0.6 is 0 Å². The van der Waals surface area contributed by atoms with Gasteiger partial charge in [0.2, 0.25) is 0 Å². The molecule has 0 N–H and O–H groups in total. The molecule has 1 aromatic heterocycles. The Morgan fingerprint density at radius 3 is 1.90 bits per heavy atom. The van der Waals surface area contributed by atoms with Crippen molar-refractivity contribution in [3.8, 4) is 0 Å². The third-order valence-corrected chi connectivity index (χ3v) is 10.0. The second-order valence-corrected chi connectivity index (χ2v) is 11.0. The molecular formula is C25H19ClOSiZn. The largest absolute Gasteiger partial charge is 2.00 e. The predicted octanol–water partition coefficient (Wildman–Crippen LogP) is 1.49. The van der Waals surface area contributed by atoms with Crippen LogP contribution in [0, 0.1) is 6.07 Å². The Hall–Kier alpha value is -2.19. The van der Waals surface area contributed by atoms with Crippen molar-refractivity contribution in [3.63, 3.8) is 0 Å². The molecule has 0 amide bonds. The van der Waals surface area contributed by atoms with Crippen LogP contribution in [-0.4, -0.2) is 8.07 Å². The molecule has 0 aliphatic rings. The van der Waals surface area contributed by atoms with E-state index >= 15 is 0 Å². The van der Waals surface area contributed by atoms with Gasteiger partial charge in [-0.1, -0.05) is 90.8 Å². The summed E-state index contributed by atoms with van der Waals surface area (Å²) in [5.41, 5.74) is 1.83. The quantitative estimate of drug-likeness (QED) is 0.224. The van der Waals surface area contributed by atoms with E-state index < -0.39 is 8.07 Å². The van der Waals surface area contributed by atoms with Gasteiger partial charge in [0.1, 0.15) is 13.7 Å². The Bertz CT molecular complexity index is 1200. The van der Waals surface area contributed by atoms with Crippen molar-refractivity contribution < 1.29 is 36.3 Å². The minimum atomic E-state index is -2.21. The normalized spacial score (nSPS) is 11.1. The molecule has 0 spiro atoms. The summed E-state index contributed by atoms with van der Waals surface area (Å²) in [5.74, 6) is 0. The van der Waals surface area contributed by atoms with E-state index in [2.05, 4.69) is 97.5 Å². The van der Waals surface area contributed by atoms with Gasteiger partial charge in [0, 0.05) is 5.58 Å². The zero-order valence-corrected chi connectivity index (χ0v) is 21.0. The SMILES string of the molecule is C[Si](c1ccccc1)(c1ccccc1)c1cccc2c1oc1[c-]cccc12.[Cl-].[Zn+2]. The van der Waals surface area contributed by atoms with Gasteiger partial charge in [-0.2, -0.15) is 18.2 Å². The van der Waals surface area contributed by atoms with Gasteiger partial charge >= 0.3 is 19.5 Å². The van der Waals surface area contributed by atoms with E-state index in [1.54, 1.807) is 0 Å². The van der Waals surface area contributed by atoms with Gasteiger partial charge in [-0.05, 0) is 20.9 Å². The van der Waals surface area contributed by atoms with Gasteiger partial charge < -0.3 is 16.8 Å². The molecule has 0 aliphatic carbocycles. The van der Waals surface area contributed by atoms with Crippen molar-refractivity contribution in [2.75, 3.05) is 0 Å².